The Morgan fingerprint density at radius 1 is 1.15 bits per heavy atom. The summed E-state index contributed by atoms with van der Waals surface area (Å²) in [4.78, 5) is 24.4. The molecular weight excluding hydrogens is 348 g/mol. The van der Waals surface area contributed by atoms with Crippen molar-refractivity contribution in [2.45, 2.75) is 32.6 Å². The summed E-state index contributed by atoms with van der Waals surface area (Å²) in [6.45, 7) is 1.78. The maximum atomic E-state index is 13.7. The van der Waals surface area contributed by atoms with Gasteiger partial charge in [-0.2, -0.15) is 0 Å². The highest BCUT2D eigenvalue weighted by atomic mass is 19.3. The summed E-state index contributed by atoms with van der Waals surface area (Å²) in [5, 5.41) is 2.75. The van der Waals surface area contributed by atoms with Crippen molar-refractivity contribution in [3.8, 4) is 0 Å². The van der Waals surface area contributed by atoms with Crippen LogP contribution in [0.1, 0.15) is 41.3 Å². The molecule has 0 radical (unpaired) electrons. The Morgan fingerprint density at radius 2 is 1.89 bits per heavy atom. The highest BCUT2D eigenvalue weighted by Crippen LogP contribution is 2.30. The van der Waals surface area contributed by atoms with Gasteiger partial charge in [-0.25, -0.2) is 8.78 Å². The molecule has 5 heteroatoms. The fraction of sp³-hybridized carbons (Fsp3) is 0.273. The van der Waals surface area contributed by atoms with Gasteiger partial charge in [-0.1, -0.05) is 43.3 Å². The molecule has 0 saturated carbocycles. The molecule has 1 amide bonds. The van der Waals surface area contributed by atoms with E-state index in [0.717, 1.165) is 5.56 Å². The van der Waals surface area contributed by atoms with Crippen LogP contribution in [0.15, 0.2) is 54.6 Å². The second-order valence-electron chi connectivity index (χ2n) is 6.59. The number of para-hydroxylation sites is 1. The van der Waals surface area contributed by atoms with Gasteiger partial charge in [-0.05, 0) is 42.2 Å². The molecule has 0 aliphatic heterocycles. The van der Waals surface area contributed by atoms with E-state index in [4.69, 9.17) is 0 Å². The van der Waals surface area contributed by atoms with Crippen molar-refractivity contribution in [3.63, 3.8) is 0 Å². The predicted molar refractivity (Wildman–Crippen MR) is 102 cm³/mol. The number of nitrogens with one attached hydrogen (secondary N) is 1. The smallest absolute Gasteiger partial charge is 0.264 e. The Bertz CT molecular complexity index is 875. The van der Waals surface area contributed by atoms with Crippen molar-refractivity contribution in [3.05, 3.63) is 71.3 Å². The van der Waals surface area contributed by atoms with Gasteiger partial charge in [-0.3, -0.25) is 9.59 Å². The van der Waals surface area contributed by atoms with E-state index in [9.17, 15) is 18.4 Å². The fourth-order valence-electron chi connectivity index (χ4n) is 3.26. The van der Waals surface area contributed by atoms with Gasteiger partial charge in [0.25, 0.3) is 6.43 Å². The molecule has 0 heterocycles. The molecule has 1 aliphatic rings. The van der Waals surface area contributed by atoms with E-state index in [0.29, 0.717) is 36.1 Å². The zero-order valence-corrected chi connectivity index (χ0v) is 15.0. The summed E-state index contributed by atoms with van der Waals surface area (Å²) in [5.41, 5.74) is 2.11. The predicted octanol–water partition coefficient (Wildman–Crippen LogP) is 5.13. The van der Waals surface area contributed by atoms with E-state index >= 15 is 0 Å². The minimum absolute atomic E-state index is 0.0191. The molecule has 0 fully saturated rings. The van der Waals surface area contributed by atoms with Crippen LogP contribution in [-0.4, -0.2) is 18.1 Å². The van der Waals surface area contributed by atoms with Crippen LogP contribution in [0.3, 0.4) is 0 Å². The first-order chi connectivity index (χ1) is 13.0. The largest absolute Gasteiger partial charge is 0.326 e. The van der Waals surface area contributed by atoms with Crippen molar-refractivity contribution in [2.75, 3.05) is 5.32 Å². The van der Waals surface area contributed by atoms with Gasteiger partial charge in [-0.15, -0.1) is 0 Å². The first-order valence-corrected chi connectivity index (χ1v) is 9.02. The topological polar surface area (TPSA) is 46.2 Å². The third-order valence-corrected chi connectivity index (χ3v) is 4.80. The van der Waals surface area contributed by atoms with Gasteiger partial charge in [0.15, 0.2) is 5.78 Å². The first-order valence-electron chi connectivity index (χ1n) is 9.02. The van der Waals surface area contributed by atoms with Crippen molar-refractivity contribution >= 4 is 23.0 Å². The van der Waals surface area contributed by atoms with E-state index in [-0.39, 0.29) is 17.3 Å². The van der Waals surface area contributed by atoms with Crippen LogP contribution >= 0.6 is 0 Å². The summed E-state index contributed by atoms with van der Waals surface area (Å²) in [6.07, 6.45) is 0.0456. The summed E-state index contributed by atoms with van der Waals surface area (Å²) in [7, 11) is 0. The fourth-order valence-corrected chi connectivity index (χ4v) is 3.26. The molecule has 3 rings (SSSR count). The number of amides is 1. The minimum atomic E-state index is -2.74. The zero-order chi connectivity index (χ0) is 19.4. The number of fused-ring (bicyclic) bond motifs is 1. The Kier molecular flexibility index (Phi) is 5.79. The summed E-state index contributed by atoms with van der Waals surface area (Å²) in [5.74, 6) is -1.05. The van der Waals surface area contributed by atoms with Crippen molar-refractivity contribution in [1.82, 2.24) is 0 Å². The van der Waals surface area contributed by atoms with Crippen LogP contribution in [-0.2, 0) is 11.2 Å². The van der Waals surface area contributed by atoms with Gasteiger partial charge >= 0.3 is 0 Å². The Hall–Kier alpha value is -2.82. The highest BCUT2D eigenvalue weighted by molar-refractivity contribution is 6.01. The number of carbonyl (C=O) groups is 2. The minimum Gasteiger partial charge on any atom is -0.326 e. The van der Waals surface area contributed by atoms with Crippen LogP contribution in [0.5, 0.6) is 0 Å². The maximum Gasteiger partial charge on any atom is 0.264 e. The second-order valence-corrected chi connectivity index (χ2v) is 6.59. The Balaban J connectivity index is 1.88. The van der Waals surface area contributed by atoms with Gasteiger partial charge in [0, 0.05) is 23.2 Å². The molecule has 0 spiro atoms. The zero-order valence-electron chi connectivity index (χ0n) is 15.0. The number of halogens is 2. The van der Waals surface area contributed by atoms with Crippen LogP contribution in [0.4, 0.5) is 14.5 Å². The first kappa shape index (κ1) is 19.0. The molecule has 0 saturated heterocycles. The second kappa shape index (κ2) is 8.25. The van der Waals surface area contributed by atoms with E-state index in [1.165, 1.54) is 12.1 Å². The van der Waals surface area contributed by atoms with Crippen LogP contribution in [0.2, 0.25) is 0 Å². The average Bonchev–Trinajstić information content (AvgIpc) is 3.03. The van der Waals surface area contributed by atoms with Gasteiger partial charge in [0.05, 0.1) is 5.92 Å². The number of aryl methyl sites for hydroxylation is 1. The number of hydrogen-bond acceptors (Lipinski definition) is 2. The number of carbonyl (C=O) groups excluding carboxylic acids is 2. The number of hydrogen-bond donors (Lipinski definition) is 1. The SMILES string of the molecule is CCC(/C=C(\c1ccc2c(c1)C(=O)CC2)C(F)F)C(=O)Nc1ccccc1. The van der Waals surface area contributed by atoms with Crippen LogP contribution < -0.4 is 5.32 Å². The molecule has 0 bridgehead atoms. The average molecular weight is 369 g/mol. The number of rotatable bonds is 6. The van der Waals surface area contributed by atoms with Crippen LogP contribution in [0, 0.1) is 5.92 Å². The van der Waals surface area contributed by atoms with Crippen LogP contribution in [0.25, 0.3) is 5.57 Å². The lowest BCUT2D eigenvalue weighted by molar-refractivity contribution is -0.118. The Morgan fingerprint density at radius 3 is 2.56 bits per heavy atom. The quantitative estimate of drug-likeness (QED) is 0.767. The number of benzene rings is 2. The van der Waals surface area contributed by atoms with E-state index in [2.05, 4.69) is 5.32 Å². The highest BCUT2D eigenvalue weighted by Gasteiger charge is 2.24. The van der Waals surface area contributed by atoms with E-state index in [1.807, 2.05) is 6.07 Å². The molecule has 2 aromatic carbocycles. The Labute approximate surface area is 157 Å². The van der Waals surface area contributed by atoms with Crippen molar-refractivity contribution in [1.29, 1.82) is 0 Å². The number of anilines is 1. The molecular formula is C22H21F2NO2. The number of alkyl halides is 2. The standard InChI is InChI=1S/C22H21F2NO2/c1-2-14(22(27)25-17-6-4-3-5-7-17)12-19(21(23)24)16-9-8-15-10-11-20(26)18(15)13-16/h3-9,12-14,21H,2,10-11H2,1H3,(H,25,27)/b19-12+. The van der Waals surface area contributed by atoms with E-state index in [1.54, 1.807) is 43.3 Å². The van der Waals surface area contributed by atoms with Gasteiger partial charge in [0.1, 0.15) is 0 Å². The lowest BCUT2D eigenvalue weighted by Crippen LogP contribution is -2.21. The van der Waals surface area contributed by atoms with Crippen molar-refractivity contribution in [2.24, 2.45) is 5.92 Å². The molecule has 1 aliphatic carbocycles. The third kappa shape index (κ3) is 4.30. The molecule has 3 nitrogen and oxygen atoms in total. The number of allylic oxidation sites excluding steroid dienone is 1. The molecule has 27 heavy (non-hydrogen) atoms. The molecule has 1 atom stereocenters. The third-order valence-electron chi connectivity index (χ3n) is 4.80. The lowest BCUT2D eigenvalue weighted by Gasteiger charge is -2.15. The molecule has 1 unspecified atom stereocenters. The van der Waals surface area contributed by atoms with Gasteiger partial charge < -0.3 is 5.32 Å². The summed E-state index contributed by atoms with van der Waals surface area (Å²) in [6, 6.07) is 13.8. The number of ketones is 1. The molecule has 0 aromatic heterocycles. The van der Waals surface area contributed by atoms with E-state index < -0.39 is 12.3 Å². The lowest BCUT2D eigenvalue weighted by atomic mass is 9.95. The molecule has 140 valence electrons. The van der Waals surface area contributed by atoms with Crippen molar-refractivity contribution < 1.29 is 18.4 Å². The van der Waals surface area contributed by atoms with Gasteiger partial charge in [0.2, 0.25) is 5.91 Å². The summed E-state index contributed by atoms with van der Waals surface area (Å²) >= 11 is 0. The molecule has 2 aromatic rings. The normalized spacial score (nSPS) is 15.0. The number of Topliss-reactive ketones (excluding diaryl/α,β-unsaturated/α-hetero) is 1. The summed E-state index contributed by atoms with van der Waals surface area (Å²) < 4.78 is 27.5. The maximum absolute atomic E-state index is 13.7. The molecule has 1 N–H and O–H groups in total. The monoisotopic (exact) mass is 369 g/mol.